The summed E-state index contributed by atoms with van der Waals surface area (Å²) in [5.41, 5.74) is 6.75. The minimum absolute atomic E-state index is 0.359. The number of pyridine rings is 2. The van der Waals surface area contributed by atoms with Crippen LogP contribution in [-0.4, -0.2) is 52.0 Å². The van der Waals surface area contributed by atoms with Gasteiger partial charge in [-0.15, -0.1) is 10.2 Å². The van der Waals surface area contributed by atoms with E-state index < -0.39 is 0 Å². The Kier molecular flexibility index (Phi) is 4.73. The maximum absolute atomic E-state index is 9.23. The van der Waals surface area contributed by atoms with Crippen LogP contribution in [0.2, 0.25) is 0 Å². The summed E-state index contributed by atoms with van der Waals surface area (Å²) in [5, 5.41) is 17.7. The molecule has 3 aliphatic heterocycles. The molecule has 2 fully saturated rings. The third-order valence-corrected chi connectivity index (χ3v) is 7.22. The highest BCUT2D eigenvalue weighted by Crippen LogP contribution is 2.33. The quantitative estimate of drug-likeness (QED) is 0.615. The lowest BCUT2D eigenvalue weighted by molar-refractivity contribution is 0.0989. The molecule has 0 saturated carbocycles. The lowest BCUT2D eigenvalue weighted by Crippen LogP contribution is -2.37. The monoisotopic (exact) mass is 439 g/mol. The highest BCUT2D eigenvalue weighted by Gasteiger charge is 2.39. The fraction of sp³-hybridized carbons (Fsp3) is 0.400. The van der Waals surface area contributed by atoms with Crippen molar-refractivity contribution >= 4 is 11.6 Å². The maximum atomic E-state index is 9.23. The van der Waals surface area contributed by atoms with Crippen molar-refractivity contribution in [1.29, 1.82) is 5.26 Å². The number of rotatable bonds is 3. The molecule has 0 spiro atoms. The molecular formula is C25H25N7O. The SMILES string of the molecule is Cc1c(C#N)nnc(N2CCc3ncc(-c4ccc(N5CC6CC5CO6)nc4)cc3C2)c1C. The molecule has 3 aromatic heterocycles. The average Bonchev–Trinajstić information content (AvgIpc) is 3.49. The van der Waals surface area contributed by atoms with Crippen LogP contribution in [0.4, 0.5) is 11.6 Å². The molecule has 6 heterocycles. The predicted octanol–water partition coefficient (Wildman–Crippen LogP) is 2.96. The van der Waals surface area contributed by atoms with E-state index in [1.54, 1.807) is 0 Å². The largest absolute Gasteiger partial charge is 0.374 e. The molecule has 0 aromatic carbocycles. The zero-order valence-corrected chi connectivity index (χ0v) is 18.8. The average molecular weight is 440 g/mol. The smallest absolute Gasteiger partial charge is 0.166 e. The van der Waals surface area contributed by atoms with Gasteiger partial charge in [-0.2, -0.15) is 5.26 Å². The molecule has 2 unspecified atom stereocenters. The van der Waals surface area contributed by atoms with Crippen LogP contribution in [0, 0.1) is 25.2 Å². The van der Waals surface area contributed by atoms with Crippen LogP contribution in [0.1, 0.15) is 34.5 Å². The first-order chi connectivity index (χ1) is 16.1. The van der Waals surface area contributed by atoms with E-state index >= 15 is 0 Å². The van der Waals surface area contributed by atoms with Crippen LogP contribution in [0.25, 0.3) is 11.1 Å². The van der Waals surface area contributed by atoms with Gasteiger partial charge >= 0.3 is 0 Å². The Morgan fingerprint density at radius 2 is 1.97 bits per heavy atom. The van der Waals surface area contributed by atoms with E-state index in [9.17, 15) is 5.26 Å². The summed E-state index contributed by atoms with van der Waals surface area (Å²) in [7, 11) is 0. The Balaban J connectivity index is 1.24. The lowest BCUT2D eigenvalue weighted by atomic mass is 10.0. The van der Waals surface area contributed by atoms with Gasteiger partial charge in [0.05, 0.1) is 18.8 Å². The summed E-state index contributed by atoms with van der Waals surface area (Å²) in [6.45, 7) is 7.24. The predicted molar refractivity (Wildman–Crippen MR) is 124 cm³/mol. The van der Waals surface area contributed by atoms with E-state index in [0.29, 0.717) is 17.8 Å². The molecule has 0 radical (unpaired) electrons. The zero-order chi connectivity index (χ0) is 22.5. The number of hydrogen-bond acceptors (Lipinski definition) is 8. The second-order valence-electron chi connectivity index (χ2n) is 9.14. The van der Waals surface area contributed by atoms with Crippen LogP contribution < -0.4 is 9.80 Å². The van der Waals surface area contributed by atoms with E-state index in [1.807, 2.05) is 26.2 Å². The van der Waals surface area contributed by atoms with Crippen LogP contribution in [0.5, 0.6) is 0 Å². The Bertz CT molecular complexity index is 1270. The molecule has 0 amide bonds. The summed E-state index contributed by atoms with van der Waals surface area (Å²) < 4.78 is 5.71. The van der Waals surface area contributed by atoms with Gasteiger partial charge in [-0.1, -0.05) is 0 Å². The first kappa shape index (κ1) is 20.1. The van der Waals surface area contributed by atoms with Gasteiger partial charge in [0.2, 0.25) is 0 Å². The number of morpholine rings is 1. The Morgan fingerprint density at radius 3 is 2.70 bits per heavy atom. The summed E-state index contributed by atoms with van der Waals surface area (Å²) in [6.07, 6.45) is 6.22. The molecule has 6 rings (SSSR count). The molecule has 33 heavy (non-hydrogen) atoms. The number of nitrogens with zero attached hydrogens (tertiary/aromatic N) is 7. The summed E-state index contributed by atoms with van der Waals surface area (Å²) in [6, 6.07) is 9.05. The van der Waals surface area contributed by atoms with E-state index in [2.05, 4.69) is 44.3 Å². The Morgan fingerprint density at radius 1 is 1.09 bits per heavy atom. The molecule has 2 saturated heterocycles. The number of ether oxygens (including phenoxy) is 1. The third-order valence-electron chi connectivity index (χ3n) is 7.22. The Hall–Kier alpha value is -3.57. The molecule has 2 atom stereocenters. The molecular weight excluding hydrogens is 414 g/mol. The molecule has 166 valence electrons. The van der Waals surface area contributed by atoms with Crippen LogP contribution >= 0.6 is 0 Å². The van der Waals surface area contributed by atoms with Gasteiger partial charge in [0.25, 0.3) is 0 Å². The van der Waals surface area contributed by atoms with Crippen molar-refractivity contribution in [2.75, 3.05) is 29.5 Å². The number of hydrogen-bond donors (Lipinski definition) is 0. The van der Waals surface area contributed by atoms with Crippen LogP contribution in [0.15, 0.2) is 30.6 Å². The fourth-order valence-electron chi connectivity index (χ4n) is 5.17. The number of aromatic nitrogens is 4. The number of anilines is 2. The van der Waals surface area contributed by atoms with E-state index in [1.165, 1.54) is 5.56 Å². The van der Waals surface area contributed by atoms with E-state index in [-0.39, 0.29) is 0 Å². The van der Waals surface area contributed by atoms with Crippen molar-refractivity contribution in [3.05, 3.63) is 58.7 Å². The summed E-state index contributed by atoms with van der Waals surface area (Å²) in [5.74, 6) is 1.87. The third kappa shape index (κ3) is 3.40. The molecule has 0 N–H and O–H groups in total. The second-order valence-corrected chi connectivity index (χ2v) is 9.14. The zero-order valence-electron chi connectivity index (χ0n) is 18.8. The van der Waals surface area contributed by atoms with Gasteiger partial charge in [-0.25, -0.2) is 4.98 Å². The van der Waals surface area contributed by atoms with E-state index in [0.717, 1.165) is 78.7 Å². The summed E-state index contributed by atoms with van der Waals surface area (Å²) in [4.78, 5) is 14.1. The molecule has 3 aromatic rings. The van der Waals surface area contributed by atoms with Crippen molar-refractivity contribution in [3.63, 3.8) is 0 Å². The highest BCUT2D eigenvalue weighted by molar-refractivity contribution is 5.65. The molecule has 8 heteroatoms. The van der Waals surface area contributed by atoms with E-state index in [4.69, 9.17) is 14.7 Å². The minimum Gasteiger partial charge on any atom is -0.374 e. The standard InChI is InChI=1S/C25H25N7O/c1-15-16(2)25(30-29-23(15)9-26)31-6-5-22-19(12-31)7-18(11-27-22)17-3-4-24(28-10-17)32-13-21-8-20(32)14-33-21/h3-4,7,10-11,20-21H,5-6,8,12-14H2,1-2H3. The van der Waals surface area contributed by atoms with Gasteiger partial charge in [0.15, 0.2) is 11.5 Å². The topological polar surface area (TPSA) is 91.1 Å². The van der Waals surface area contributed by atoms with Gasteiger partial charge in [0, 0.05) is 55.3 Å². The highest BCUT2D eigenvalue weighted by atomic mass is 16.5. The number of fused-ring (bicyclic) bond motifs is 3. The molecule has 3 aliphatic rings. The van der Waals surface area contributed by atoms with Crippen molar-refractivity contribution in [1.82, 2.24) is 20.2 Å². The first-order valence-electron chi connectivity index (χ1n) is 11.4. The first-order valence-corrected chi connectivity index (χ1v) is 11.4. The molecule has 2 bridgehead atoms. The molecule has 0 aliphatic carbocycles. The van der Waals surface area contributed by atoms with Gasteiger partial charge < -0.3 is 14.5 Å². The van der Waals surface area contributed by atoms with Crippen molar-refractivity contribution < 1.29 is 4.74 Å². The number of nitriles is 1. The van der Waals surface area contributed by atoms with Gasteiger partial charge in [-0.05, 0) is 55.2 Å². The van der Waals surface area contributed by atoms with Crippen molar-refractivity contribution in [2.45, 2.75) is 45.4 Å². The minimum atomic E-state index is 0.359. The second kappa shape index (κ2) is 7.78. The molecule has 8 nitrogen and oxygen atoms in total. The van der Waals surface area contributed by atoms with Crippen LogP contribution in [-0.2, 0) is 17.7 Å². The summed E-state index contributed by atoms with van der Waals surface area (Å²) >= 11 is 0. The fourth-order valence-corrected chi connectivity index (χ4v) is 5.17. The van der Waals surface area contributed by atoms with Gasteiger partial charge in [0.1, 0.15) is 11.9 Å². The van der Waals surface area contributed by atoms with Gasteiger partial charge in [-0.3, -0.25) is 4.98 Å². The van der Waals surface area contributed by atoms with Crippen molar-refractivity contribution in [3.8, 4) is 17.2 Å². The Labute approximate surface area is 192 Å². The van der Waals surface area contributed by atoms with Crippen LogP contribution in [0.3, 0.4) is 0 Å². The van der Waals surface area contributed by atoms with Crippen molar-refractivity contribution in [2.24, 2.45) is 0 Å². The normalized spacial score (nSPS) is 21.2. The lowest BCUT2D eigenvalue weighted by Gasteiger charge is -2.30. The maximum Gasteiger partial charge on any atom is 0.166 e.